The van der Waals surface area contributed by atoms with Gasteiger partial charge in [-0.15, -0.1) is 0 Å². The van der Waals surface area contributed by atoms with Gasteiger partial charge in [0.15, 0.2) is 17.4 Å². The van der Waals surface area contributed by atoms with Crippen molar-refractivity contribution in [1.29, 1.82) is 0 Å². The average Bonchev–Trinajstić information content (AvgIpc) is 3.06. The highest BCUT2D eigenvalue weighted by Crippen LogP contribution is 2.41. The summed E-state index contributed by atoms with van der Waals surface area (Å²) in [5, 5.41) is 22.7. The number of halogens is 5. The number of hydrogen-bond acceptors (Lipinski definition) is 6. The number of phenolic OH excluding ortho intramolecular Hbond substituents is 1. The van der Waals surface area contributed by atoms with E-state index in [1.807, 2.05) is 0 Å². The Balaban J connectivity index is 1.78. The number of aryl methyl sites for hydroxylation is 1. The summed E-state index contributed by atoms with van der Waals surface area (Å²) in [5.74, 6) is -5.92. The summed E-state index contributed by atoms with van der Waals surface area (Å²) < 4.78 is 69.1. The zero-order valence-corrected chi connectivity index (χ0v) is 16.7. The minimum atomic E-state index is -5.19. The number of nitrogens with zero attached hydrogens (tertiary/aromatic N) is 5. The molecular formula is C19H14F5N5O4. The van der Waals surface area contributed by atoms with E-state index in [-0.39, 0.29) is 42.6 Å². The first-order valence-corrected chi connectivity index (χ1v) is 9.29. The number of piperazine rings is 1. The SMILES string of the molecule is Cn1nc(-c2cc(C(F)(F)F)c(F)c(O)c2F)c2cnc(N3CCN(C(=O)O)C(=O)C3)cc21. The highest BCUT2D eigenvalue weighted by molar-refractivity contribution is 5.96. The zero-order valence-electron chi connectivity index (χ0n) is 16.7. The number of fused-ring (bicyclic) bond motifs is 1. The molecule has 0 radical (unpaired) electrons. The molecule has 0 spiro atoms. The average molecular weight is 471 g/mol. The van der Waals surface area contributed by atoms with Gasteiger partial charge in [0.05, 0.1) is 17.6 Å². The molecule has 14 heteroatoms. The van der Waals surface area contributed by atoms with Crippen molar-refractivity contribution in [1.82, 2.24) is 19.7 Å². The van der Waals surface area contributed by atoms with Gasteiger partial charge in [-0.1, -0.05) is 0 Å². The van der Waals surface area contributed by atoms with Crippen molar-refractivity contribution in [3.8, 4) is 17.0 Å². The van der Waals surface area contributed by atoms with Gasteiger partial charge in [-0.3, -0.25) is 9.48 Å². The minimum absolute atomic E-state index is 0.0925. The van der Waals surface area contributed by atoms with Gasteiger partial charge in [0.25, 0.3) is 5.91 Å². The van der Waals surface area contributed by atoms with E-state index in [1.165, 1.54) is 28.9 Å². The fourth-order valence-corrected chi connectivity index (χ4v) is 3.59. The molecule has 1 fully saturated rings. The van der Waals surface area contributed by atoms with Crippen LogP contribution in [0.25, 0.3) is 22.2 Å². The number of carboxylic acid groups (broad SMARTS) is 1. The summed E-state index contributed by atoms with van der Waals surface area (Å²) in [6.07, 6.45) is -5.37. The molecule has 33 heavy (non-hydrogen) atoms. The summed E-state index contributed by atoms with van der Waals surface area (Å²) in [4.78, 5) is 29.4. The molecule has 0 atom stereocenters. The molecule has 0 saturated carbocycles. The smallest absolute Gasteiger partial charge is 0.419 e. The van der Waals surface area contributed by atoms with Crippen LogP contribution in [0.2, 0.25) is 0 Å². The van der Waals surface area contributed by atoms with Crippen LogP contribution in [0.4, 0.5) is 32.6 Å². The molecule has 3 heterocycles. The third kappa shape index (κ3) is 3.66. The molecule has 0 unspecified atom stereocenters. The number of pyridine rings is 1. The number of hydrogen-bond donors (Lipinski definition) is 2. The maximum absolute atomic E-state index is 14.5. The van der Waals surface area contributed by atoms with E-state index in [0.717, 1.165) is 0 Å². The number of imide groups is 1. The minimum Gasteiger partial charge on any atom is -0.503 e. The molecule has 4 rings (SSSR count). The molecule has 9 nitrogen and oxygen atoms in total. The number of alkyl halides is 3. The topological polar surface area (TPSA) is 112 Å². The van der Waals surface area contributed by atoms with Gasteiger partial charge in [0.1, 0.15) is 11.5 Å². The number of aromatic nitrogens is 3. The zero-order chi connectivity index (χ0) is 24.2. The Labute approximate surface area is 181 Å². The van der Waals surface area contributed by atoms with E-state index in [0.29, 0.717) is 10.4 Å². The van der Waals surface area contributed by atoms with Gasteiger partial charge in [-0.2, -0.15) is 18.3 Å². The number of phenols is 1. The molecule has 0 bridgehead atoms. The lowest BCUT2D eigenvalue weighted by Crippen LogP contribution is -2.52. The fraction of sp³-hybridized carbons (Fsp3) is 0.263. The van der Waals surface area contributed by atoms with Crippen molar-refractivity contribution in [2.75, 3.05) is 24.5 Å². The second-order valence-corrected chi connectivity index (χ2v) is 7.23. The van der Waals surface area contributed by atoms with Crippen molar-refractivity contribution in [2.24, 2.45) is 7.05 Å². The quantitative estimate of drug-likeness (QED) is 0.553. The van der Waals surface area contributed by atoms with Crippen molar-refractivity contribution in [3.05, 3.63) is 35.5 Å². The predicted octanol–water partition coefficient (Wildman–Crippen LogP) is 2.96. The van der Waals surface area contributed by atoms with Crippen LogP contribution in [-0.2, 0) is 18.0 Å². The molecule has 1 aliphatic rings. The van der Waals surface area contributed by atoms with Gasteiger partial charge < -0.3 is 15.1 Å². The molecule has 2 aromatic heterocycles. The first-order chi connectivity index (χ1) is 15.4. The largest absolute Gasteiger partial charge is 0.503 e. The maximum Gasteiger partial charge on any atom is 0.419 e. The molecule has 2 N–H and O–H groups in total. The molecule has 174 valence electrons. The van der Waals surface area contributed by atoms with Crippen LogP contribution in [0.1, 0.15) is 5.56 Å². The number of carbonyl (C=O) groups excluding carboxylic acids is 1. The van der Waals surface area contributed by atoms with Crippen LogP contribution in [0.5, 0.6) is 5.75 Å². The fourth-order valence-electron chi connectivity index (χ4n) is 3.59. The first-order valence-electron chi connectivity index (χ1n) is 9.29. The molecule has 0 aliphatic carbocycles. The number of aromatic hydroxyl groups is 1. The highest BCUT2D eigenvalue weighted by atomic mass is 19.4. The van der Waals surface area contributed by atoms with Crippen LogP contribution in [0.3, 0.4) is 0 Å². The van der Waals surface area contributed by atoms with E-state index in [2.05, 4.69) is 10.1 Å². The van der Waals surface area contributed by atoms with Crippen LogP contribution in [0, 0.1) is 11.6 Å². The Morgan fingerprint density at radius 2 is 1.85 bits per heavy atom. The number of benzene rings is 1. The lowest BCUT2D eigenvalue weighted by molar-refractivity contribution is -0.140. The van der Waals surface area contributed by atoms with E-state index in [9.17, 15) is 36.6 Å². The summed E-state index contributed by atoms with van der Waals surface area (Å²) in [6, 6.07) is 1.67. The number of carbonyl (C=O) groups is 2. The highest BCUT2D eigenvalue weighted by Gasteiger charge is 2.38. The van der Waals surface area contributed by atoms with Crippen LogP contribution in [0.15, 0.2) is 18.3 Å². The van der Waals surface area contributed by atoms with Gasteiger partial charge in [-0.05, 0) is 6.07 Å². The van der Waals surface area contributed by atoms with Crippen molar-refractivity contribution in [2.45, 2.75) is 6.18 Å². The Morgan fingerprint density at radius 3 is 2.45 bits per heavy atom. The molecular weight excluding hydrogens is 457 g/mol. The van der Waals surface area contributed by atoms with Crippen LogP contribution < -0.4 is 4.90 Å². The van der Waals surface area contributed by atoms with Gasteiger partial charge in [0, 0.05) is 43.4 Å². The number of amides is 2. The Bertz CT molecular complexity index is 1310. The van der Waals surface area contributed by atoms with Crippen molar-refractivity contribution < 1.29 is 41.8 Å². The standard InChI is InChI=1S/C19H14F5N5O4/c1-27-11-5-12(28-2-3-29(18(32)33)13(30)7-28)25-6-9(11)16(26-27)8-4-10(19(22,23)24)15(21)17(31)14(8)20/h4-6,31H,2-3,7H2,1H3,(H,32,33). The van der Waals surface area contributed by atoms with Crippen LogP contribution >= 0.6 is 0 Å². The third-order valence-corrected chi connectivity index (χ3v) is 5.23. The predicted molar refractivity (Wildman–Crippen MR) is 102 cm³/mol. The summed E-state index contributed by atoms with van der Waals surface area (Å²) in [6.45, 7) is -0.216. The van der Waals surface area contributed by atoms with E-state index in [4.69, 9.17) is 5.11 Å². The molecule has 1 aliphatic heterocycles. The van der Waals surface area contributed by atoms with Gasteiger partial charge in [-0.25, -0.2) is 23.5 Å². The molecule has 1 saturated heterocycles. The van der Waals surface area contributed by atoms with Gasteiger partial charge in [0.2, 0.25) is 0 Å². The third-order valence-electron chi connectivity index (χ3n) is 5.23. The second-order valence-electron chi connectivity index (χ2n) is 7.23. The molecule has 1 aromatic carbocycles. The lowest BCUT2D eigenvalue weighted by atomic mass is 10.0. The lowest BCUT2D eigenvalue weighted by Gasteiger charge is -2.32. The van der Waals surface area contributed by atoms with Crippen LogP contribution in [-0.4, -0.2) is 61.5 Å². The number of anilines is 1. The summed E-state index contributed by atoms with van der Waals surface area (Å²) >= 11 is 0. The second kappa shape index (κ2) is 7.56. The van der Waals surface area contributed by atoms with Crippen molar-refractivity contribution in [3.63, 3.8) is 0 Å². The van der Waals surface area contributed by atoms with E-state index in [1.54, 1.807) is 0 Å². The van der Waals surface area contributed by atoms with Crippen molar-refractivity contribution >= 4 is 28.7 Å². The molecule has 3 aromatic rings. The summed E-state index contributed by atoms with van der Waals surface area (Å²) in [5.41, 5.74) is -2.64. The maximum atomic E-state index is 14.5. The monoisotopic (exact) mass is 471 g/mol. The Hall–Kier alpha value is -3.97. The molecule has 2 amide bonds. The normalized spacial score (nSPS) is 14.9. The van der Waals surface area contributed by atoms with E-state index >= 15 is 0 Å². The first kappa shape index (κ1) is 22.2. The van der Waals surface area contributed by atoms with Gasteiger partial charge >= 0.3 is 12.3 Å². The number of rotatable bonds is 2. The summed E-state index contributed by atoms with van der Waals surface area (Å²) in [7, 11) is 1.43. The Morgan fingerprint density at radius 1 is 1.15 bits per heavy atom. The Kier molecular flexibility index (Phi) is 5.10. The van der Waals surface area contributed by atoms with E-state index < -0.39 is 46.7 Å².